The maximum absolute atomic E-state index is 5.63. The molecule has 112 valence electrons. The van der Waals surface area contributed by atoms with Crippen molar-refractivity contribution in [3.05, 3.63) is 52.8 Å². The summed E-state index contributed by atoms with van der Waals surface area (Å²) in [5, 5.41) is 3.38. The van der Waals surface area contributed by atoms with Gasteiger partial charge in [-0.15, -0.1) is 0 Å². The molecule has 0 bridgehead atoms. The summed E-state index contributed by atoms with van der Waals surface area (Å²) in [7, 11) is 0. The van der Waals surface area contributed by atoms with Crippen LogP contribution >= 0.6 is 0 Å². The number of aryl methyl sites for hydroxylation is 1. The molecule has 1 atom stereocenters. The number of nitrogens with one attached hydrogen (secondary N) is 1. The zero-order valence-electron chi connectivity index (χ0n) is 13.2. The van der Waals surface area contributed by atoms with E-state index in [9.17, 15) is 0 Å². The third kappa shape index (κ3) is 4.02. The maximum atomic E-state index is 5.63. The number of hydrogen-bond acceptors (Lipinski definition) is 4. The van der Waals surface area contributed by atoms with Gasteiger partial charge in [-0.05, 0) is 37.0 Å². The van der Waals surface area contributed by atoms with E-state index < -0.39 is 0 Å². The normalized spacial score (nSPS) is 12.5. The van der Waals surface area contributed by atoms with Crippen molar-refractivity contribution in [3.8, 4) is 0 Å². The smallest absolute Gasteiger partial charge is 0.223 e. The summed E-state index contributed by atoms with van der Waals surface area (Å²) < 4.78 is 0. The van der Waals surface area contributed by atoms with E-state index in [1.807, 2.05) is 13.0 Å². The van der Waals surface area contributed by atoms with Gasteiger partial charge in [-0.1, -0.05) is 38.1 Å². The van der Waals surface area contributed by atoms with Crippen LogP contribution in [0.1, 0.15) is 55.2 Å². The van der Waals surface area contributed by atoms with Crippen molar-refractivity contribution in [2.75, 3.05) is 5.32 Å². The fourth-order valence-corrected chi connectivity index (χ4v) is 2.17. The van der Waals surface area contributed by atoms with Gasteiger partial charge in [-0.3, -0.25) is 0 Å². The van der Waals surface area contributed by atoms with E-state index in [0.717, 1.165) is 17.0 Å². The Morgan fingerprint density at radius 3 is 2.33 bits per heavy atom. The van der Waals surface area contributed by atoms with Crippen LogP contribution in [-0.4, -0.2) is 9.97 Å². The molecule has 2 rings (SSSR count). The Balaban J connectivity index is 2.16. The largest absolute Gasteiger partial charge is 0.348 e. The Kier molecular flexibility index (Phi) is 4.91. The van der Waals surface area contributed by atoms with Crippen LogP contribution in [0, 0.1) is 6.92 Å². The first kappa shape index (κ1) is 15.4. The summed E-state index contributed by atoms with van der Waals surface area (Å²) in [5.41, 5.74) is 10.0. The lowest BCUT2D eigenvalue weighted by Crippen LogP contribution is -2.11. The van der Waals surface area contributed by atoms with Crippen LogP contribution in [0.15, 0.2) is 30.3 Å². The SMILES string of the molecule is Cc1cc(C(C)C)nc(NC(C)c2ccc(CN)cc2)n1. The van der Waals surface area contributed by atoms with Crippen LogP contribution in [0.5, 0.6) is 0 Å². The minimum Gasteiger partial charge on any atom is -0.348 e. The van der Waals surface area contributed by atoms with Gasteiger partial charge in [0, 0.05) is 17.9 Å². The predicted molar refractivity (Wildman–Crippen MR) is 87.2 cm³/mol. The second kappa shape index (κ2) is 6.68. The van der Waals surface area contributed by atoms with Gasteiger partial charge in [-0.25, -0.2) is 9.97 Å². The van der Waals surface area contributed by atoms with E-state index in [2.05, 4.69) is 60.3 Å². The van der Waals surface area contributed by atoms with E-state index in [-0.39, 0.29) is 6.04 Å². The van der Waals surface area contributed by atoms with Gasteiger partial charge >= 0.3 is 0 Å². The van der Waals surface area contributed by atoms with Crippen molar-refractivity contribution >= 4 is 5.95 Å². The first-order chi connectivity index (χ1) is 9.99. The summed E-state index contributed by atoms with van der Waals surface area (Å²) in [4.78, 5) is 9.06. The first-order valence-electron chi connectivity index (χ1n) is 7.40. The molecule has 3 N–H and O–H groups in total. The Labute approximate surface area is 126 Å². The third-order valence-corrected chi connectivity index (χ3v) is 3.53. The molecular weight excluding hydrogens is 260 g/mol. The minimum absolute atomic E-state index is 0.152. The molecule has 2 aromatic rings. The lowest BCUT2D eigenvalue weighted by atomic mass is 10.1. The van der Waals surface area contributed by atoms with Crippen molar-refractivity contribution < 1.29 is 0 Å². The molecule has 4 heteroatoms. The molecule has 0 aliphatic heterocycles. The molecule has 0 aliphatic rings. The van der Waals surface area contributed by atoms with Gasteiger partial charge < -0.3 is 11.1 Å². The number of aromatic nitrogens is 2. The van der Waals surface area contributed by atoms with Gasteiger partial charge in [0.2, 0.25) is 5.95 Å². The highest BCUT2D eigenvalue weighted by Gasteiger charge is 2.10. The van der Waals surface area contributed by atoms with Gasteiger partial charge in [0.15, 0.2) is 0 Å². The summed E-state index contributed by atoms with van der Waals surface area (Å²) in [6.07, 6.45) is 0. The highest BCUT2D eigenvalue weighted by atomic mass is 15.1. The summed E-state index contributed by atoms with van der Waals surface area (Å²) in [5.74, 6) is 1.08. The average Bonchev–Trinajstić information content (AvgIpc) is 2.46. The number of benzene rings is 1. The molecule has 1 aromatic heterocycles. The van der Waals surface area contributed by atoms with E-state index in [4.69, 9.17) is 5.73 Å². The fraction of sp³-hybridized carbons (Fsp3) is 0.412. The van der Waals surface area contributed by atoms with E-state index in [1.165, 1.54) is 5.56 Å². The molecule has 1 heterocycles. The molecule has 0 aliphatic carbocycles. The maximum Gasteiger partial charge on any atom is 0.223 e. The van der Waals surface area contributed by atoms with Gasteiger partial charge in [0.1, 0.15) is 0 Å². The quantitative estimate of drug-likeness (QED) is 0.881. The van der Waals surface area contributed by atoms with Crippen LogP contribution in [0.25, 0.3) is 0 Å². The predicted octanol–water partition coefficient (Wildman–Crippen LogP) is 3.54. The van der Waals surface area contributed by atoms with Crippen LogP contribution < -0.4 is 11.1 Å². The monoisotopic (exact) mass is 284 g/mol. The topological polar surface area (TPSA) is 63.8 Å². The molecule has 1 aromatic carbocycles. The van der Waals surface area contributed by atoms with Gasteiger partial charge in [0.25, 0.3) is 0 Å². The molecule has 1 unspecified atom stereocenters. The molecule has 0 saturated heterocycles. The number of nitrogens with zero attached hydrogens (tertiary/aromatic N) is 2. The molecule has 0 fully saturated rings. The Hall–Kier alpha value is -1.94. The van der Waals surface area contributed by atoms with Gasteiger partial charge in [0.05, 0.1) is 6.04 Å². The standard InChI is InChI=1S/C17H24N4/c1-11(2)16-9-12(3)19-17(21-16)20-13(4)15-7-5-14(10-18)6-8-15/h5-9,11,13H,10,18H2,1-4H3,(H,19,20,21). The van der Waals surface area contributed by atoms with E-state index >= 15 is 0 Å². The van der Waals surface area contributed by atoms with Crippen molar-refractivity contribution in [2.24, 2.45) is 5.73 Å². The Bertz CT molecular complexity index is 590. The number of hydrogen-bond donors (Lipinski definition) is 2. The van der Waals surface area contributed by atoms with Crippen molar-refractivity contribution in [2.45, 2.75) is 46.2 Å². The molecule has 0 radical (unpaired) electrons. The second-order valence-corrected chi connectivity index (χ2v) is 5.72. The lowest BCUT2D eigenvalue weighted by molar-refractivity contribution is 0.793. The van der Waals surface area contributed by atoms with Crippen molar-refractivity contribution in [3.63, 3.8) is 0 Å². The molecule has 21 heavy (non-hydrogen) atoms. The molecule has 4 nitrogen and oxygen atoms in total. The Morgan fingerprint density at radius 1 is 1.10 bits per heavy atom. The van der Waals surface area contributed by atoms with E-state index in [1.54, 1.807) is 0 Å². The summed E-state index contributed by atoms with van der Waals surface area (Å²) >= 11 is 0. The summed E-state index contributed by atoms with van der Waals surface area (Å²) in [6, 6.07) is 10.5. The van der Waals surface area contributed by atoms with Crippen LogP contribution in [0.3, 0.4) is 0 Å². The zero-order valence-corrected chi connectivity index (χ0v) is 13.2. The highest BCUT2D eigenvalue weighted by molar-refractivity contribution is 5.35. The number of anilines is 1. The number of nitrogens with two attached hydrogens (primary N) is 1. The molecule has 0 saturated carbocycles. The lowest BCUT2D eigenvalue weighted by Gasteiger charge is -2.16. The number of rotatable bonds is 5. The zero-order chi connectivity index (χ0) is 15.4. The minimum atomic E-state index is 0.152. The fourth-order valence-electron chi connectivity index (χ4n) is 2.17. The van der Waals surface area contributed by atoms with Crippen molar-refractivity contribution in [1.29, 1.82) is 0 Å². The second-order valence-electron chi connectivity index (χ2n) is 5.72. The summed E-state index contributed by atoms with van der Waals surface area (Å²) in [6.45, 7) is 8.96. The highest BCUT2D eigenvalue weighted by Crippen LogP contribution is 2.20. The first-order valence-corrected chi connectivity index (χ1v) is 7.40. The van der Waals surface area contributed by atoms with Gasteiger partial charge in [-0.2, -0.15) is 0 Å². The molecular formula is C17H24N4. The van der Waals surface area contributed by atoms with Crippen LogP contribution in [0.4, 0.5) is 5.95 Å². The molecule has 0 spiro atoms. The average molecular weight is 284 g/mol. The van der Waals surface area contributed by atoms with E-state index in [0.29, 0.717) is 18.4 Å². The third-order valence-electron chi connectivity index (χ3n) is 3.53. The Morgan fingerprint density at radius 2 is 1.76 bits per heavy atom. The van der Waals surface area contributed by atoms with Crippen LogP contribution in [-0.2, 0) is 6.54 Å². The van der Waals surface area contributed by atoms with Crippen LogP contribution in [0.2, 0.25) is 0 Å². The van der Waals surface area contributed by atoms with Crippen molar-refractivity contribution in [1.82, 2.24) is 9.97 Å². The molecule has 0 amide bonds.